The molecule has 4 aromatic rings. The number of benzene rings is 1. The van der Waals surface area contributed by atoms with Gasteiger partial charge in [-0.3, -0.25) is 9.78 Å². The zero-order valence-corrected chi connectivity index (χ0v) is 21.9. The normalized spacial score (nSPS) is 20.1. The van der Waals surface area contributed by atoms with Gasteiger partial charge in [-0.1, -0.05) is 13.0 Å². The number of carbonyl (C=O) groups excluding carboxylic acids is 1. The molecule has 5 rings (SSSR count). The van der Waals surface area contributed by atoms with Crippen LogP contribution in [0.4, 0.5) is 0 Å². The third-order valence-corrected chi connectivity index (χ3v) is 7.68. The monoisotopic (exact) mass is 535 g/mol. The maximum Gasteiger partial charge on any atom is 0.227 e. The zero-order chi connectivity index (χ0) is 24.7. The third kappa shape index (κ3) is 4.43. The van der Waals surface area contributed by atoms with E-state index in [4.69, 9.17) is 15.8 Å². The Morgan fingerprint density at radius 2 is 2.14 bits per heavy atom. The molecule has 0 spiro atoms. The molecule has 3 heterocycles. The highest BCUT2D eigenvalue weighted by atomic mass is 79.9. The van der Waals surface area contributed by atoms with Crippen LogP contribution >= 0.6 is 15.9 Å². The molecule has 1 fully saturated rings. The lowest BCUT2D eigenvalue weighted by atomic mass is 9.85. The smallest absolute Gasteiger partial charge is 0.227 e. The Labute approximate surface area is 213 Å². The molecule has 1 aliphatic rings. The minimum Gasteiger partial charge on any atom is -0.348 e. The van der Waals surface area contributed by atoms with Crippen molar-refractivity contribution in [1.82, 2.24) is 29.6 Å². The van der Waals surface area contributed by atoms with E-state index in [-0.39, 0.29) is 11.3 Å². The molecule has 0 bridgehead atoms. The van der Waals surface area contributed by atoms with E-state index < -0.39 is 0 Å². The first kappa shape index (κ1) is 23.8. The zero-order valence-electron chi connectivity index (χ0n) is 20.3. The Kier molecular flexibility index (Phi) is 6.31. The van der Waals surface area contributed by atoms with Crippen LogP contribution in [0.25, 0.3) is 27.6 Å². The number of aromatic nitrogens is 5. The van der Waals surface area contributed by atoms with E-state index in [0.717, 1.165) is 71.1 Å². The van der Waals surface area contributed by atoms with Crippen LogP contribution in [0.3, 0.4) is 0 Å². The van der Waals surface area contributed by atoms with E-state index >= 15 is 0 Å². The SMILES string of the molecule is CN(C)C(=O)[C@]1(C)CC[C@@H](Cc2ncc3c(Br)nn(-c4cc(CCN)c5ncccc5c4)c3n2)C1. The van der Waals surface area contributed by atoms with Crippen molar-refractivity contribution < 1.29 is 4.79 Å². The van der Waals surface area contributed by atoms with Crippen molar-refractivity contribution in [2.24, 2.45) is 17.1 Å². The Bertz CT molecular complexity index is 1420. The summed E-state index contributed by atoms with van der Waals surface area (Å²) >= 11 is 3.58. The molecule has 1 saturated carbocycles. The van der Waals surface area contributed by atoms with Gasteiger partial charge in [0, 0.05) is 43.7 Å². The molecule has 182 valence electrons. The molecule has 0 aliphatic heterocycles. The van der Waals surface area contributed by atoms with Crippen LogP contribution in [0, 0.1) is 11.3 Å². The Morgan fingerprint density at radius 1 is 1.31 bits per heavy atom. The van der Waals surface area contributed by atoms with Gasteiger partial charge in [-0.15, -0.1) is 0 Å². The second kappa shape index (κ2) is 9.28. The van der Waals surface area contributed by atoms with Gasteiger partial charge >= 0.3 is 0 Å². The molecule has 1 aliphatic carbocycles. The molecule has 3 aromatic heterocycles. The van der Waals surface area contributed by atoms with Gasteiger partial charge in [0.25, 0.3) is 0 Å². The molecule has 2 N–H and O–H groups in total. The molecular weight excluding hydrogens is 506 g/mol. The third-order valence-electron chi connectivity index (χ3n) is 7.09. The van der Waals surface area contributed by atoms with E-state index in [0.29, 0.717) is 17.1 Å². The van der Waals surface area contributed by atoms with Gasteiger partial charge in [-0.05, 0) is 77.8 Å². The molecule has 1 aromatic carbocycles. The first-order valence-electron chi connectivity index (χ1n) is 12.0. The molecule has 0 radical (unpaired) electrons. The van der Waals surface area contributed by atoms with Gasteiger partial charge in [-0.25, -0.2) is 14.6 Å². The number of nitrogens with two attached hydrogens (primary N) is 1. The van der Waals surface area contributed by atoms with Crippen LogP contribution in [-0.2, 0) is 17.6 Å². The van der Waals surface area contributed by atoms with E-state index in [1.165, 1.54) is 0 Å². The van der Waals surface area contributed by atoms with Crippen molar-refractivity contribution in [2.75, 3.05) is 20.6 Å². The lowest BCUT2D eigenvalue weighted by molar-refractivity contribution is -0.138. The van der Waals surface area contributed by atoms with Crippen LogP contribution in [0.15, 0.2) is 41.3 Å². The van der Waals surface area contributed by atoms with E-state index in [2.05, 4.69) is 51.0 Å². The van der Waals surface area contributed by atoms with Crippen LogP contribution in [0.5, 0.6) is 0 Å². The predicted octanol–water partition coefficient (Wildman–Crippen LogP) is 4.06. The number of rotatable bonds is 6. The van der Waals surface area contributed by atoms with Gasteiger partial charge in [-0.2, -0.15) is 5.10 Å². The minimum absolute atomic E-state index is 0.206. The quantitative estimate of drug-likeness (QED) is 0.399. The molecule has 1 amide bonds. The lowest BCUT2D eigenvalue weighted by Crippen LogP contribution is -2.36. The summed E-state index contributed by atoms with van der Waals surface area (Å²) in [5, 5.41) is 6.64. The minimum atomic E-state index is -0.304. The highest BCUT2D eigenvalue weighted by Crippen LogP contribution is 2.43. The summed E-state index contributed by atoms with van der Waals surface area (Å²) in [6.07, 6.45) is 7.88. The fourth-order valence-corrected chi connectivity index (χ4v) is 5.87. The van der Waals surface area contributed by atoms with Crippen molar-refractivity contribution >= 4 is 43.8 Å². The number of halogens is 1. The van der Waals surface area contributed by atoms with Gasteiger partial charge in [0.05, 0.1) is 16.6 Å². The predicted molar refractivity (Wildman–Crippen MR) is 140 cm³/mol. The summed E-state index contributed by atoms with van der Waals surface area (Å²) in [5.41, 5.74) is 9.31. The number of carbonyl (C=O) groups is 1. The Morgan fingerprint density at radius 3 is 2.91 bits per heavy atom. The van der Waals surface area contributed by atoms with E-state index in [9.17, 15) is 4.79 Å². The average molecular weight is 536 g/mol. The lowest BCUT2D eigenvalue weighted by Gasteiger charge is -2.26. The highest BCUT2D eigenvalue weighted by molar-refractivity contribution is 9.10. The number of fused-ring (bicyclic) bond motifs is 2. The average Bonchev–Trinajstić information content (AvgIpc) is 3.38. The maximum absolute atomic E-state index is 12.7. The summed E-state index contributed by atoms with van der Waals surface area (Å²) < 4.78 is 2.57. The second-order valence-corrected chi connectivity index (χ2v) is 10.8. The fourth-order valence-electron chi connectivity index (χ4n) is 5.43. The first-order chi connectivity index (χ1) is 16.8. The largest absolute Gasteiger partial charge is 0.348 e. The van der Waals surface area contributed by atoms with Crippen LogP contribution in [0.2, 0.25) is 0 Å². The number of nitrogens with zero attached hydrogens (tertiary/aromatic N) is 6. The molecular formula is C26H30BrN7O. The summed E-state index contributed by atoms with van der Waals surface area (Å²) in [6, 6.07) is 8.17. The standard InChI is InChI=1S/C26H30BrN7O/c1-26(25(35)33(2)3)8-6-16(14-26)11-21-30-15-20-23(27)32-34(24(20)31-21)19-12-17-5-4-10-29-22(17)18(13-19)7-9-28/h4-5,10,12-13,15-16H,6-9,11,14,28H2,1-3H3/t16-,26+/m0/s1. The number of pyridine rings is 1. The number of hydrogen-bond donors (Lipinski definition) is 1. The van der Waals surface area contributed by atoms with Gasteiger partial charge in [0.15, 0.2) is 5.65 Å². The van der Waals surface area contributed by atoms with Crippen LogP contribution in [0.1, 0.15) is 37.6 Å². The first-order valence-corrected chi connectivity index (χ1v) is 12.8. The summed E-state index contributed by atoms with van der Waals surface area (Å²) in [5.74, 6) is 1.36. The molecule has 2 atom stereocenters. The Balaban J connectivity index is 1.50. The number of amides is 1. The van der Waals surface area contributed by atoms with Crippen LogP contribution < -0.4 is 5.73 Å². The Hall–Kier alpha value is -2.91. The van der Waals surface area contributed by atoms with Gasteiger partial charge in [0.1, 0.15) is 10.4 Å². The molecule has 35 heavy (non-hydrogen) atoms. The topological polar surface area (TPSA) is 103 Å². The highest BCUT2D eigenvalue weighted by Gasteiger charge is 2.42. The summed E-state index contributed by atoms with van der Waals surface area (Å²) in [6.45, 7) is 2.63. The van der Waals surface area contributed by atoms with Gasteiger partial charge in [0.2, 0.25) is 5.91 Å². The van der Waals surface area contributed by atoms with Gasteiger partial charge < -0.3 is 10.6 Å². The van der Waals surface area contributed by atoms with Crippen LogP contribution in [-0.4, -0.2) is 56.2 Å². The molecule has 0 unspecified atom stereocenters. The second-order valence-electron chi connectivity index (χ2n) is 10.0. The molecule has 9 heteroatoms. The van der Waals surface area contributed by atoms with E-state index in [1.54, 1.807) is 4.90 Å². The van der Waals surface area contributed by atoms with Crippen molar-refractivity contribution in [3.63, 3.8) is 0 Å². The van der Waals surface area contributed by atoms with Crippen molar-refractivity contribution in [3.8, 4) is 5.69 Å². The summed E-state index contributed by atoms with van der Waals surface area (Å²) in [7, 11) is 3.66. The maximum atomic E-state index is 12.7. The molecule has 8 nitrogen and oxygen atoms in total. The van der Waals surface area contributed by atoms with E-state index in [1.807, 2.05) is 37.2 Å². The molecule has 0 saturated heterocycles. The summed E-state index contributed by atoms with van der Waals surface area (Å²) in [4.78, 5) is 28.5. The van der Waals surface area contributed by atoms with Crippen molar-refractivity contribution in [2.45, 2.75) is 39.0 Å². The van der Waals surface area contributed by atoms with Crippen molar-refractivity contribution in [1.29, 1.82) is 0 Å². The fraction of sp³-hybridized carbons (Fsp3) is 0.423. The number of hydrogen-bond acceptors (Lipinski definition) is 6. The van der Waals surface area contributed by atoms with Crippen molar-refractivity contribution in [3.05, 3.63) is 52.7 Å².